The molecule has 2 heterocycles. The Hall–Kier alpha value is -3.70. The van der Waals surface area contributed by atoms with Crippen molar-refractivity contribution in [2.24, 2.45) is 9.98 Å². The first-order valence-electron chi connectivity index (χ1n) is 18.7. The molecule has 0 aliphatic heterocycles. The summed E-state index contributed by atoms with van der Waals surface area (Å²) >= 11 is 0. The van der Waals surface area contributed by atoms with Gasteiger partial charge in [0.05, 0.1) is 12.1 Å². The summed E-state index contributed by atoms with van der Waals surface area (Å²) in [6.07, 6.45) is 14.9. The van der Waals surface area contributed by atoms with Crippen LogP contribution in [0.15, 0.2) is 95.4 Å². The van der Waals surface area contributed by atoms with Crippen molar-refractivity contribution in [3.63, 3.8) is 0 Å². The van der Waals surface area contributed by atoms with Crippen molar-refractivity contribution in [2.45, 2.75) is 143 Å². The molecule has 6 nitrogen and oxygen atoms in total. The Bertz CT molecular complexity index is 1560. The number of nitrogens with zero attached hydrogens (tertiary/aromatic N) is 4. The van der Waals surface area contributed by atoms with Crippen molar-refractivity contribution >= 4 is 12.4 Å². The fraction of sp³-hybridized carbons (Fsp3) is 0.478. The fourth-order valence-corrected chi connectivity index (χ4v) is 5.94. The summed E-state index contributed by atoms with van der Waals surface area (Å²) in [6, 6.07) is 20.0. The SMILES string of the molecule is CC(C)(C)c1cc(C=N[C@H]2CCCC[C@@H]2N=Cc2cc(C(C)(C)C)cc(C(C)(C)C)c2O)c(O)c(C(C)(C)C)c1.[Ru].c1ccncc1.c1ccncc1. The Morgan fingerprint density at radius 3 is 1.06 bits per heavy atom. The molecule has 0 saturated heterocycles. The maximum absolute atomic E-state index is 11.2. The van der Waals surface area contributed by atoms with E-state index in [-0.39, 0.29) is 53.2 Å². The van der Waals surface area contributed by atoms with Gasteiger partial charge in [0.1, 0.15) is 11.5 Å². The van der Waals surface area contributed by atoms with E-state index in [4.69, 9.17) is 9.98 Å². The van der Waals surface area contributed by atoms with Crippen molar-refractivity contribution in [3.8, 4) is 11.5 Å². The molecule has 1 aliphatic carbocycles. The minimum atomic E-state index is -0.179. The van der Waals surface area contributed by atoms with E-state index in [0.717, 1.165) is 47.9 Å². The van der Waals surface area contributed by atoms with Gasteiger partial charge in [-0.25, -0.2) is 0 Å². The molecule has 53 heavy (non-hydrogen) atoms. The van der Waals surface area contributed by atoms with Gasteiger partial charge < -0.3 is 10.2 Å². The number of pyridine rings is 2. The average Bonchev–Trinajstić information content (AvgIpc) is 3.08. The predicted octanol–water partition coefficient (Wildman–Crippen LogP) is 11.3. The molecule has 2 N–H and O–H groups in total. The van der Waals surface area contributed by atoms with Crippen LogP contribution >= 0.6 is 0 Å². The van der Waals surface area contributed by atoms with E-state index in [0.29, 0.717) is 11.5 Å². The third-order valence-corrected chi connectivity index (χ3v) is 9.26. The van der Waals surface area contributed by atoms with Crippen LogP contribution in [0.25, 0.3) is 0 Å². The first-order chi connectivity index (χ1) is 24.2. The van der Waals surface area contributed by atoms with Gasteiger partial charge in [0, 0.05) is 78.9 Å². The molecule has 1 aliphatic rings. The minimum absolute atomic E-state index is 0. The van der Waals surface area contributed by atoms with Crippen molar-refractivity contribution in [3.05, 3.63) is 119 Å². The summed E-state index contributed by atoms with van der Waals surface area (Å²) in [7, 11) is 0. The van der Waals surface area contributed by atoms with Crippen LogP contribution in [0.2, 0.25) is 0 Å². The van der Waals surface area contributed by atoms with E-state index in [9.17, 15) is 10.2 Å². The third kappa shape index (κ3) is 14.2. The van der Waals surface area contributed by atoms with E-state index in [1.54, 1.807) is 24.8 Å². The van der Waals surface area contributed by atoms with Gasteiger partial charge in [-0.3, -0.25) is 20.0 Å². The second-order valence-corrected chi connectivity index (χ2v) is 17.9. The number of phenolic OH excluding ortho intramolecular Hbond substituents is 2. The summed E-state index contributed by atoms with van der Waals surface area (Å²) in [4.78, 5) is 17.6. The molecule has 288 valence electrons. The van der Waals surface area contributed by atoms with Gasteiger partial charge >= 0.3 is 0 Å². The summed E-state index contributed by atoms with van der Waals surface area (Å²) in [6.45, 7) is 26.0. The first kappa shape index (κ1) is 45.5. The molecular weight excluding hydrogens is 742 g/mol. The number of aromatic nitrogens is 2. The van der Waals surface area contributed by atoms with Crippen LogP contribution in [0.3, 0.4) is 0 Å². The van der Waals surface area contributed by atoms with Gasteiger partial charge in [-0.05, 0) is 82.0 Å². The molecule has 2 aromatic heterocycles. The largest absolute Gasteiger partial charge is 0.507 e. The molecule has 1 fully saturated rings. The summed E-state index contributed by atoms with van der Waals surface area (Å²) in [5.74, 6) is 0.637. The van der Waals surface area contributed by atoms with Gasteiger partial charge in [0.2, 0.25) is 0 Å². The van der Waals surface area contributed by atoms with Crippen molar-refractivity contribution in [1.29, 1.82) is 0 Å². The minimum Gasteiger partial charge on any atom is -0.507 e. The maximum atomic E-state index is 11.2. The van der Waals surface area contributed by atoms with Crippen molar-refractivity contribution in [2.75, 3.05) is 0 Å². The summed E-state index contributed by atoms with van der Waals surface area (Å²) < 4.78 is 0. The molecule has 0 spiro atoms. The van der Waals surface area contributed by atoms with Crippen LogP contribution < -0.4 is 0 Å². The molecule has 2 atom stereocenters. The zero-order valence-electron chi connectivity index (χ0n) is 34.3. The molecule has 0 unspecified atom stereocenters. The number of phenols is 2. The van der Waals surface area contributed by atoms with Gasteiger partial charge in [0.25, 0.3) is 0 Å². The number of rotatable bonds is 4. The smallest absolute Gasteiger partial charge is 0.128 e. The van der Waals surface area contributed by atoms with Crippen LogP contribution in [0.5, 0.6) is 11.5 Å². The Morgan fingerprint density at radius 2 is 0.830 bits per heavy atom. The zero-order chi connectivity index (χ0) is 38.7. The van der Waals surface area contributed by atoms with E-state index in [2.05, 4.69) is 117 Å². The number of aromatic hydroxyl groups is 2. The van der Waals surface area contributed by atoms with Crippen LogP contribution in [0.1, 0.15) is 142 Å². The topological polar surface area (TPSA) is 91.0 Å². The second-order valence-electron chi connectivity index (χ2n) is 17.9. The van der Waals surface area contributed by atoms with Gasteiger partial charge in [-0.15, -0.1) is 0 Å². The molecular formula is C46H64N4O2Ru. The monoisotopic (exact) mass is 806 g/mol. The average molecular weight is 806 g/mol. The number of hydrogen-bond donors (Lipinski definition) is 2. The van der Waals surface area contributed by atoms with Gasteiger partial charge in [0.15, 0.2) is 0 Å². The number of benzene rings is 2. The zero-order valence-corrected chi connectivity index (χ0v) is 36.0. The van der Waals surface area contributed by atoms with E-state index >= 15 is 0 Å². The quantitative estimate of drug-likeness (QED) is 0.159. The van der Waals surface area contributed by atoms with Crippen LogP contribution in [0, 0.1) is 0 Å². The molecule has 2 aromatic carbocycles. The molecule has 1 saturated carbocycles. The second kappa shape index (κ2) is 19.6. The molecule has 5 rings (SSSR count). The third-order valence-electron chi connectivity index (χ3n) is 9.26. The van der Waals surface area contributed by atoms with Crippen LogP contribution in [0.4, 0.5) is 0 Å². The summed E-state index contributed by atoms with van der Waals surface area (Å²) in [5.41, 5.74) is 5.39. The van der Waals surface area contributed by atoms with Crippen LogP contribution in [-0.4, -0.2) is 44.7 Å². The summed E-state index contributed by atoms with van der Waals surface area (Å²) in [5, 5.41) is 22.5. The van der Waals surface area contributed by atoms with E-state index in [1.807, 2.05) is 48.8 Å². The molecule has 4 aromatic rings. The normalized spacial score (nSPS) is 16.6. The number of hydrogen-bond acceptors (Lipinski definition) is 6. The molecule has 0 bridgehead atoms. The predicted molar refractivity (Wildman–Crippen MR) is 221 cm³/mol. The Kier molecular flexibility index (Phi) is 16.8. The number of aliphatic imine (C=N–C) groups is 2. The maximum Gasteiger partial charge on any atom is 0.128 e. The van der Waals surface area contributed by atoms with Crippen LogP contribution in [-0.2, 0) is 41.1 Å². The molecule has 7 heteroatoms. The Labute approximate surface area is 333 Å². The van der Waals surface area contributed by atoms with E-state index < -0.39 is 0 Å². The Balaban J connectivity index is 0.000000627. The van der Waals surface area contributed by atoms with Crippen molar-refractivity contribution < 1.29 is 29.7 Å². The van der Waals surface area contributed by atoms with E-state index in [1.165, 1.54) is 11.1 Å². The van der Waals surface area contributed by atoms with Crippen molar-refractivity contribution in [1.82, 2.24) is 9.97 Å². The Morgan fingerprint density at radius 1 is 0.509 bits per heavy atom. The standard InChI is InChI=1S/C36H54N2O2.2C5H5N.Ru/c1-33(2,3)25-17-23(31(39)27(19-25)35(7,8)9)21-37-29-15-13-14-16-30(29)38-22-24-18-26(34(4,5)6)20-28(32(24)40)36(10,11)12;2*1-2-4-6-5-3-1;/h17-22,29-30,39-40H,13-16H2,1-12H3;2*1-5H;/t29-,30-;;;/m0.../s1. The van der Waals surface area contributed by atoms with Gasteiger partial charge in [-0.1, -0.05) is 120 Å². The molecule has 0 radical (unpaired) electrons. The first-order valence-corrected chi connectivity index (χ1v) is 18.7. The molecule has 0 amide bonds. The fourth-order valence-electron chi connectivity index (χ4n) is 5.94. The van der Waals surface area contributed by atoms with Gasteiger partial charge in [-0.2, -0.15) is 0 Å².